The highest BCUT2D eigenvalue weighted by atomic mass is 16.5. The molecule has 17 heavy (non-hydrogen) atoms. The maximum Gasteiger partial charge on any atom is 0.294 e. The second-order valence-corrected chi connectivity index (χ2v) is 3.79. The number of nitrogens with one attached hydrogen (secondary N) is 1. The van der Waals surface area contributed by atoms with Crippen molar-refractivity contribution in [3.63, 3.8) is 0 Å². The highest BCUT2D eigenvalue weighted by Crippen LogP contribution is 2.21. The van der Waals surface area contributed by atoms with Gasteiger partial charge in [0.05, 0.1) is 6.20 Å². The number of aromatic nitrogens is 1. The van der Waals surface area contributed by atoms with Crippen molar-refractivity contribution in [3.8, 4) is 5.75 Å². The second kappa shape index (κ2) is 4.29. The van der Waals surface area contributed by atoms with Gasteiger partial charge in [0.25, 0.3) is 5.91 Å². The van der Waals surface area contributed by atoms with E-state index < -0.39 is 0 Å². The Bertz CT molecular complexity index is 561. The summed E-state index contributed by atoms with van der Waals surface area (Å²) in [4.78, 5) is 11.8. The number of carbonyl (C=O) groups is 1. The number of aromatic hydroxyl groups is 1. The fourth-order valence-corrected chi connectivity index (χ4v) is 1.48. The van der Waals surface area contributed by atoms with E-state index in [1.807, 2.05) is 0 Å². The van der Waals surface area contributed by atoms with Crippen molar-refractivity contribution in [1.82, 2.24) is 5.16 Å². The highest BCUT2D eigenvalue weighted by molar-refractivity contribution is 6.03. The zero-order chi connectivity index (χ0) is 12.4. The number of hydrogen-bond donors (Lipinski definition) is 2. The van der Waals surface area contributed by atoms with Gasteiger partial charge in [-0.3, -0.25) is 4.79 Å². The molecule has 2 rings (SSSR count). The van der Waals surface area contributed by atoms with E-state index in [1.165, 1.54) is 12.3 Å². The first-order valence-electron chi connectivity index (χ1n) is 5.10. The molecular weight excluding hydrogens is 220 g/mol. The molecule has 2 N–H and O–H groups in total. The van der Waals surface area contributed by atoms with Gasteiger partial charge in [0, 0.05) is 11.3 Å². The summed E-state index contributed by atoms with van der Waals surface area (Å²) in [5.74, 6) is 0.00242. The van der Waals surface area contributed by atoms with E-state index in [0.29, 0.717) is 11.3 Å². The van der Waals surface area contributed by atoms with E-state index in [2.05, 4.69) is 10.5 Å². The fourth-order valence-electron chi connectivity index (χ4n) is 1.48. The molecule has 1 heterocycles. The summed E-state index contributed by atoms with van der Waals surface area (Å²) in [6.07, 6.45) is 1.48. The van der Waals surface area contributed by atoms with Crippen LogP contribution in [0.3, 0.4) is 0 Å². The van der Waals surface area contributed by atoms with Crippen molar-refractivity contribution >= 4 is 11.6 Å². The van der Waals surface area contributed by atoms with Crippen LogP contribution >= 0.6 is 0 Å². The number of phenols is 1. The lowest BCUT2D eigenvalue weighted by atomic mass is 10.2. The number of amides is 1. The molecule has 2 aromatic rings. The molecule has 0 spiro atoms. The van der Waals surface area contributed by atoms with Gasteiger partial charge in [0.1, 0.15) is 5.75 Å². The van der Waals surface area contributed by atoms with Crippen LogP contribution in [-0.4, -0.2) is 16.2 Å². The molecule has 0 aliphatic carbocycles. The van der Waals surface area contributed by atoms with Gasteiger partial charge in [-0.15, -0.1) is 0 Å². The number of carbonyl (C=O) groups excluding carboxylic acids is 1. The van der Waals surface area contributed by atoms with Gasteiger partial charge >= 0.3 is 0 Å². The maximum atomic E-state index is 11.8. The van der Waals surface area contributed by atoms with Crippen LogP contribution in [0.15, 0.2) is 28.9 Å². The summed E-state index contributed by atoms with van der Waals surface area (Å²) < 4.78 is 4.85. The summed E-state index contributed by atoms with van der Waals surface area (Å²) in [5, 5.41) is 15.5. The molecule has 0 aliphatic heterocycles. The number of aryl methyl sites for hydroxylation is 2. The number of anilines is 1. The van der Waals surface area contributed by atoms with Gasteiger partial charge in [-0.2, -0.15) is 0 Å². The van der Waals surface area contributed by atoms with E-state index in [-0.39, 0.29) is 17.4 Å². The standard InChI is InChI=1S/C12H12N2O3/c1-7-5-9(15)3-4-10(7)14-12(16)11-8(2)6-13-17-11/h3-6,15H,1-2H3,(H,14,16). The molecule has 1 aromatic carbocycles. The number of benzene rings is 1. The average molecular weight is 232 g/mol. The van der Waals surface area contributed by atoms with Crippen LogP contribution in [0.1, 0.15) is 21.7 Å². The first-order valence-corrected chi connectivity index (χ1v) is 5.10. The largest absolute Gasteiger partial charge is 0.508 e. The molecule has 0 saturated heterocycles. The van der Waals surface area contributed by atoms with Crippen molar-refractivity contribution in [3.05, 3.63) is 41.3 Å². The molecule has 0 atom stereocenters. The second-order valence-electron chi connectivity index (χ2n) is 3.79. The zero-order valence-electron chi connectivity index (χ0n) is 9.52. The summed E-state index contributed by atoms with van der Waals surface area (Å²) in [7, 11) is 0. The number of phenolic OH excluding ortho intramolecular Hbond substituents is 1. The lowest BCUT2D eigenvalue weighted by Crippen LogP contribution is -2.12. The van der Waals surface area contributed by atoms with Crippen LogP contribution in [0.5, 0.6) is 5.75 Å². The Labute approximate surface area is 98.1 Å². The summed E-state index contributed by atoms with van der Waals surface area (Å²) >= 11 is 0. The number of nitrogens with zero attached hydrogens (tertiary/aromatic N) is 1. The molecule has 0 radical (unpaired) electrons. The Hall–Kier alpha value is -2.30. The van der Waals surface area contributed by atoms with Gasteiger partial charge < -0.3 is 14.9 Å². The topological polar surface area (TPSA) is 75.4 Å². The third-order valence-electron chi connectivity index (χ3n) is 2.41. The number of hydrogen-bond acceptors (Lipinski definition) is 4. The van der Waals surface area contributed by atoms with E-state index in [4.69, 9.17) is 4.52 Å². The molecule has 1 amide bonds. The predicted octanol–water partition coefficient (Wildman–Crippen LogP) is 2.25. The predicted molar refractivity (Wildman–Crippen MR) is 62.0 cm³/mol. The summed E-state index contributed by atoms with van der Waals surface area (Å²) in [6, 6.07) is 4.72. The molecule has 1 aromatic heterocycles. The Balaban J connectivity index is 2.22. The van der Waals surface area contributed by atoms with Gasteiger partial charge in [0.2, 0.25) is 5.76 Å². The van der Waals surface area contributed by atoms with Crippen LogP contribution in [0.2, 0.25) is 0 Å². The van der Waals surface area contributed by atoms with Crippen molar-refractivity contribution in [1.29, 1.82) is 0 Å². The minimum absolute atomic E-state index is 0.163. The van der Waals surface area contributed by atoms with E-state index in [9.17, 15) is 9.90 Å². The van der Waals surface area contributed by atoms with Crippen LogP contribution in [0.25, 0.3) is 0 Å². The molecule has 88 valence electrons. The van der Waals surface area contributed by atoms with Crippen LogP contribution in [-0.2, 0) is 0 Å². The molecule has 0 unspecified atom stereocenters. The van der Waals surface area contributed by atoms with Gasteiger partial charge in [-0.05, 0) is 37.6 Å². The Kier molecular flexibility index (Phi) is 2.82. The van der Waals surface area contributed by atoms with Gasteiger partial charge in [-0.1, -0.05) is 5.16 Å². The monoisotopic (exact) mass is 232 g/mol. The molecule has 5 nitrogen and oxygen atoms in total. The van der Waals surface area contributed by atoms with Gasteiger partial charge in [-0.25, -0.2) is 0 Å². The Morgan fingerprint density at radius 3 is 2.71 bits per heavy atom. The van der Waals surface area contributed by atoms with Crippen LogP contribution < -0.4 is 5.32 Å². The third-order valence-corrected chi connectivity index (χ3v) is 2.41. The minimum atomic E-state index is -0.353. The first kappa shape index (κ1) is 11.2. The molecule has 0 saturated carbocycles. The SMILES string of the molecule is Cc1cc(O)ccc1NC(=O)c1oncc1C. The molecule has 0 fully saturated rings. The average Bonchev–Trinajstić information content (AvgIpc) is 2.68. The third kappa shape index (κ3) is 2.28. The van der Waals surface area contributed by atoms with Crippen LogP contribution in [0.4, 0.5) is 5.69 Å². The van der Waals surface area contributed by atoms with Gasteiger partial charge in [0.15, 0.2) is 0 Å². The van der Waals surface area contributed by atoms with Crippen molar-refractivity contribution < 1.29 is 14.4 Å². The molecule has 0 aliphatic rings. The van der Waals surface area contributed by atoms with E-state index in [0.717, 1.165) is 5.56 Å². The zero-order valence-corrected chi connectivity index (χ0v) is 9.52. The molecular formula is C12H12N2O3. The Morgan fingerprint density at radius 1 is 1.35 bits per heavy atom. The summed E-state index contributed by atoms with van der Waals surface area (Å²) in [6.45, 7) is 3.54. The van der Waals surface area contributed by atoms with Crippen molar-refractivity contribution in [2.75, 3.05) is 5.32 Å². The lowest BCUT2D eigenvalue weighted by Gasteiger charge is -2.07. The van der Waals surface area contributed by atoms with Crippen molar-refractivity contribution in [2.24, 2.45) is 0 Å². The first-order chi connectivity index (χ1) is 8.08. The fraction of sp³-hybridized carbons (Fsp3) is 0.167. The normalized spacial score (nSPS) is 10.2. The smallest absolute Gasteiger partial charge is 0.294 e. The van der Waals surface area contributed by atoms with E-state index >= 15 is 0 Å². The molecule has 5 heteroatoms. The van der Waals surface area contributed by atoms with E-state index in [1.54, 1.807) is 26.0 Å². The molecule has 0 bridgehead atoms. The lowest BCUT2D eigenvalue weighted by molar-refractivity contribution is 0.0987. The van der Waals surface area contributed by atoms with Crippen molar-refractivity contribution in [2.45, 2.75) is 13.8 Å². The maximum absolute atomic E-state index is 11.8. The highest BCUT2D eigenvalue weighted by Gasteiger charge is 2.14. The Morgan fingerprint density at radius 2 is 2.12 bits per heavy atom. The quantitative estimate of drug-likeness (QED) is 0.778. The van der Waals surface area contributed by atoms with Crippen LogP contribution in [0, 0.1) is 13.8 Å². The summed E-state index contributed by atoms with van der Waals surface area (Å²) in [5.41, 5.74) is 2.08. The minimum Gasteiger partial charge on any atom is -0.508 e. The number of rotatable bonds is 2.